The van der Waals surface area contributed by atoms with E-state index in [0.29, 0.717) is 30.0 Å². The second-order valence-electron chi connectivity index (χ2n) is 5.89. The molecule has 2 aromatic rings. The van der Waals surface area contributed by atoms with Crippen LogP contribution in [0.25, 0.3) is 11.0 Å². The zero-order valence-electron chi connectivity index (χ0n) is 13.5. The van der Waals surface area contributed by atoms with Gasteiger partial charge in [0, 0.05) is 19.6 Å². The SMILES string of the molecule is CCN(CC)C[C@H]1CCN(S(=O)(=O)c2cccc3nonc23)C1. The summed E-state index contributed by atoms with van der Waals surface area (Å²) in [7, 11) is -3.57. The van der Waals surface area contributed by atoms with Gasteiger partial charge in [0.05, 0.1) is 0 Å². The van der Waals surface area contributed by atoms with Crippen molar-refractivity contribution in [2.24, 2.45) is 5.92 Å². The number of fused-ring (bicyclic) bond motifs is 1. The zero-order chi connectivity index (χ0) is 16.4. The third-order valence-electron chi connectivity index (χ3n) is 4.53. The molecule has 1 saturated heterocycles. The first-order chi connectivity index (χ1) is 11.1. The van der Waals surface area contributed by atoms with Gasteiger partial charge in [-0.05, 0) is 47.9 Å². The van der Waals surface area contributed by atoms with Crippen LogP contribution in [0.15, 0.2) is 27.7 Å². The van der Waals surface area contributed by atoms with Gasteiger partial charge in [-0.1, -0.05) is 19.9 Å². The molecule has 0 radical (unpaired) electrons. The topological polar surface area (TPSA) is 79.5 Å². The number of hydrogen-bond donors (Lipinski definition) is 0. The van der Waals surface area contributed by atoms with E-state index in [4.69, 9.17) is 0 Å². The van der Waals surface area contributed by atoms with Crippen LogP contribution in [0.3, 0.4) is 0 Å². The van der Waals surface area contributed by atoms with Gasteiger partial charge in [0.25, 0.3) is 0 Å². The summed E-state index contributed by atoms with van der Waals surface area (Å²) in [6, 6.07) is 4.93. The number of rotatable bonds is 6. The lowest BCUT2D eigenvalue weighted by atomic mass is 10.1. The molecule has 0 N–H and O–H groups in total. The maximum absolute atomic E-state index is 12.9. The van der Waals surface area contributed by atoms with Gasteiger partial charge >= 0.3 is 0 Å². The van der Waals surface area contributed by atoms with Gasteiger partial charge in [0.2, 0.25) is 10.0 Å². The van der Waals surface area contributed by atoms with Crippen LogP contribution in [0.2, 0.25) is 0 Å². The molecule has 0 spiro atoms. The van der Waals surface area contributed by atoms with Crippen molar-refractivity contribution < 1.29 is 13.0 Å². The molecule has 0 amide bonds. The molecule has 1 fully saturated rings. The number of benzene rings is 1. The molecule has 3 rings (SSSR count). The number of sulfonamides is 1. The minimum atomic E-state index is -3.57. The highest BCUT2D eigenvalue weighted by atomic mass is 32.2. The first-order valence-corrected chi connectivity index (χ1v) is 9.44. The monoisotopic (exact) mass is 338 g/mol. The minimum absolute atomic E-state index is 0.180. The van der Waals surface area contributed by atoms with E-state index in [2.05, 4.69) is 33.7 Å². The van der Waals surface area contributed by atoms with Crippen LogP contribution in [0.1, 0.15) is 20.3 Å². The maximum atomic E-state index is 12.9. The Bertz CT molecular complexity index is 770. The van der Waals surface area contributed by atoms with E-state index < -0.39 is 10.0 Å². The molecule has 1 atom stereocenters. The Hall–Kier alpha value is -1.51. The molecule has 8 heteroatoms. The average molecular weight is 338 g/mol. The predicted octanol–water partition coefficient (Wildman–Crippen LogP) is 1.58. The standard InChI is InChI=1S/C15H22N4O3S/c1-3-18(4-2)10-12-8-9-19(11-12)23(20,21)14-7-5-6-13-15(14)17-22-16-13/h5-7,12H,3-4,8-11H2,1-2H3/t12-/m1/s1. The number of nitrogens with zero attached hydrogens (tertiary/aromatic N) is 4. The van der Waals surface area contributed by atoms with Crippen molar-refractivity contribution in [1.29, 1.82) is 0 Å². The van der Waals surface area contributed by atoms with Crippen LogP contribution in [0, 0.1) is 5.92 Å². The molecule has 0 bridgehead atoms. The molecular weight excluding hydrogens is 316 g/mol. The molecule has 126 valence electrons. The van der Waals surface area contributed by atoms with Gasteiger partial charge in [0.15, 0.2) is 5.52 Å². The Morgan fingerprint density at radius 1 is 1.30 bits per heavy atom. The molecule has 2 heterocycles. The lowest BCUT2D eigenvalue weighted by Crippen LogP contribution is -2.33. The van der Waals surface area contributed by atoms with Gasteiger partial charge in [-0.2, -0.15) is 4.31 Å². The van der Waals surface area contributed by atoms with Crippen molar-refractivity contribution in [1.82, 2.24) is 19.5 Å². The molecule has 0 aliphatic carbocycles. The van der Waals surface area contributed by atoms with Crippen molar-refractivity contribution in [3.05, 3.63) is 18.2 Å². The maximum Gasteiger partial charge on any atom is 0.245 e. The van der Waals surface area contributed by atoms with E-state index in [0.717, 1.165) is 26.1 Å². The Balaban J connectivity index is 1.80. The average Bonchev–Trinajstić information content (AvgIpc) is 3.21. The van der Waals surface area contributed by atoms with E-state index in [1.807, 2.05) is 0 Å². The molecule has 1 aromatic heterocycles. The van der Waals surface area contributed by atoms with Gasteiger partial charge in [-0.15, -0.1) is 0 Å². The molecule has 7 nitrogen and oxygen atoms in total. The Morgan fingerprint density at radius 3 is 2.83 bits per heavy atom. The van der Waals surface area contributed by atoms with Crippen molar-refractivity contribution in [3.8, 4) is 0 Å². The van der Waals surface area contributed by atoms with Crippen molar-refractivity contribution in [2.45, 2.75) is 25.2 Å². The minimum Gasteiger partial charge on any atom is -0.304 e. The summed E-state index contributed by atoms with van der Waals surface area (Å²) in [5.74, 6) is 0.374. The quantitative estimate of drug-likeness (QED) is 0.795. The third kappa shape index (κ3) is 3.11. The fourth-order valence-corrected chi connectivity index (χ4v) is 4.81. The smallest absolute Gasteiger partial charge is 0.245 e. The van der Waals surface area contributed by atoms with Crippen LogP contribution >= 0.6 is 0 Å². The number of hydrogen-bond acceptors (Lipinski definition) is 6. The van der Waals surface area contributed by atoms with E-state index >= 15 is 0 Å². The summed E-state index contributed by atoms with van der Waals surface area (Å²) in [5, 5.41) is 7.47. The largest absolute Gasteiger partial charge is 0.304 e. The number of aromatic nitrogens is 2. The van der Waals surface area contributed by atoms with Gasteiger partial charge in [-0.25, -0.2) is 13.0 Å². The van der Waals surface area contributed by atoms with Crippen molar-refractivity contribution >= 4 is 21.1 Å². The highest BCUT2D eigenvalue weighted by molar-refractivity contribution is 7.89. The zero-order valence-corrected chi connectivity index (χ0v) is 14.3. The van der Waals surface area contributed by atoms with E-state index in [9.17, 15) is 8.42 Å². The predicted molar refractivity (Wildman–Crippen MR) is 86.5 cm³/mol. The molecule has 1 aliphatic heterocycles. The summed E-state index contributed by atoms with van der Waals surface area (Å²) >= 11 is 0. The summed E-state index contributed by atoms with van der Waals surface area (Å²) < 4.78 is 32.1. The van der Waals surface area contributed by atoms with Crippen LogP contribution in [-0.4, -0.2) is 60.7 Å². The van der Waals surface area contributed by atoms with Crippen LogP contribution in [0.4, 0.5) is 0 Å². The van der Waals surface area contributed by atoms with Crippen molar-refractivity contribution in [3.63, 3.8) is 0 Å². The Kier molecular flexibility index (Phi) is 4.65. The lowest BCUT2D eigenvalue weighted by molar-refractivity contribution is 0.256. The summed E-state index contributed by atoms with van der Waals surface area (Å²) in [4.78, 5) is 2.52. The fourth-order valence-electron chi connectivity index (χ4n) is 3.14. The summed E-state index contributed by atoms with van der Waals surface area (Å²) in [5.41, 5.74) is 0.768. The highest BCUT2D eigenvalue weighted by Gasteiger charge is 2.34. The van der Waals surface area contributed by atoms with E-state index in [1.54, 1.807) is 22.5 Å². The van der Waals surface area contributed by atoms with Crippen LogP contribution in [0.5, 0.6) is 0 Å². The van der Waals surface area contributed by atoms with Gasteiger partial charge in [0.1, 0.15) is 10.4 Å². The molecule has 23 heavy (non-hydrogen) atoms. The Morgan fingerprint density at radius 2 is 2.09 bits per heavy atom. The van der Waals surface area contributed by atoms with E-state index in [-0.39, 0.29) is 4.90 Å². The second kappa shape index (κ2) is 6.54. The summed E-state index contributed by atoms with van der Waals surface area (Å²) in [6.07, 6.45) is 0.892. The highest BCUT2D eigenvalue weighted by Crippen LogP contribution is 2.28. The van der Waals surface area contributed by atoms with E-state index in [1.165, 1.54) is 0 Å². The summed E-state index contributed by atoms with van der Waals surface area (Å²) in [6.45, 7) is 8.29. The van der Waals surface area contributed by atoms with Crippen LogP contribution in [-0.2, 0) is 10.0 Å². The van der Waals surface area contributed by atoms with Gasteiger partial charge in [-0.3, -0.25) is 0 Å². The molecule has 0 saturated carbocycles. The second-order valence-corrected chi connectivity index (χ2v) is 7.80. The molecule has 1 aromatic carbocycles. The lowest BCUT2D eigenvalue weighted by Gasteiger charge is -2.22. The molecule has 1 aliphatic rings. The fraction of sp³-hybridized carbons (Fsp3) is 0.600. The Labute approximate surface area is 136 Å². The van der Waals surface area contributed by atoms with Gasteiger partial charge < -0.3 is 4.90 Å². The first kappa shape index (κ1) is 16.4. The molecular formula is C15H22N4O3S. The molecule has 0 unspecified atom stereocenters. The third-order valence-corrected chi connectivity index (χ3v) is 6.42. The first-order valence-electron chi connectivity index (χ1n) is 8.00. The normalized spacial score (nSPS) is 19.9. The van der Waals surface area contributed by atoms with Crippen LogP contribution < -0.4 is 0 Å². The van der Waals surface area contributed by atoms with Crippen molar-refractivity contribution in [2.75, 3.05) is 32.7 Å².